The average Bonchev–Trinajstić information content (AvgIpc) is 2.45. The number of rotatable bonds is 4. The first-order chi connectivity index (χ1) is 9.19. The smallest absolute Gasteiger partial charge is 0.269 e. The Morgan fingerprint density at radius 1 is 1.63 bits per heavy atom. The molecular weight excluding hydrogens is 244 g/mol. The van der Waals surface area contributed by atoms with Crippen molar-refractivity contribution in [3.63, 3.8) is 0 Å². The number of amides is 1. The number of nitrogens with zero attached hydrogens (tertiary/aromatic N) is 2. The SMILES string of the molecule is CNC(=O)c1cc(NCC2CN(C)CCO2)ccn1. The van der Waals surface area contributed by atoms with Crippen LogP contribution in [0.3, 0.4) is 0 Å². The molecule has 0 aromatic carbocycles. The third kappa shape index (κ3) is 3.90. The Hall–Kier alpha value is -1.66. The van der Waals surface area contributed by atoms with E-state index in [9.17, 15) is 4.79 Å². The second kappa shape index (κ2) is 6.49. The van der Waals surface area contributed by atoms with E-state index in [1.807, 2.05) is 6.07 Å². The lowest BCUT2D eigenvalue weighted by Gasteiger charge is -2.30. The molecule has 6 heteroatoms. The Morgan fingerprint density at radius 2 is 2.47 bits per heavy atom. The van der Waals surface area contributed by atoms with Crippen molar-refractivity contribution in [2.45, 2.75) is 6.10 Å². The first kappa shape index (κ1) is 13.8. The van der Waals surface area contributed by atoms with Gasteiger partial charge < -0.3 is 20.3 Å². The number of carbonyl (C=O) groups is 1. The first-order valence-electron chi connectivity index (χ1n) is 6.41. The Labute approximate surface area is 113 Å². The van der Waals surface area contributed by atoms with Gasteiger partial charge in [0.05, 0.1) is 12.7 Å². The number of ether oxygens (including phenoxy) is 1. The summed E-state index contributed by atoms with van der Waals surface area (Å²) in [7, 11) is 3.68. The molecule has 2 heterocycles. The fourth-order valence-corrected chi connectivity index (χ4v) is 2.01. The number of aromatic nitrogens is 1. The summed E-state index contributed by atoms with van der Waals surface area (Å²) in [5.41, 5.74) is 1.29. The van der Waals surface area contributed by atoms with Crippen molar-refractivity contribution < 1.29 is 9.53 Å². The van der Waals surface area contributed by atoms with E-state index in [0.717, 1.165) is 31.9 Å². The highest BCUT2D eigenvalue weighted by molar-refractivity contribution is 5.92. The quantitative estimate of drug-likeness (QED) is 0.812. The molecule has 1 aliphatic rings. The number of nitrogens with one attached hydrogen (secondary N) is 2. The molecule has 0 saturated carbocycles. The molecule has 1 fully saturated rings. The molecule has 1 unspecified atom stereocenters. The van der Waals surface area contributed by atoms with Crippen LogP contribution in [0.1, 0.15) is 10.5 Å². The largest absolute Gasteiger partial charge is 0.382 e. The van der Waals surface area contributed by atoms with Gasteiger partial charge in [0.1, 0.15) is 5.69 Å². The van der Waals surface area contributed by atoms with E-state index >= 15 is 0 Å². The summed E-state index contributed by atoms with van der Waals surface area (Å²) in [5.74, 6) is -0.183. The van der Waals surface area contributed by atoms with Gasteiger partial charge in [0.25, 0.3) is 5.91 Å². The second-order valence-corrected chi connectivity index (χ2v) is 4.64. The van der Waals surface area contributed by atoms with E-state index in [0.29, 0.717) is 5.69 Å². The highest BCUT2D eigenvalue weighted by Crippen LogP contribution is 2.10. The molecule has 2 rings (SSSR count). The molecule has 1 atom stereocenters. The minimum atomic E-state index is -0.183. The zero-order valence-electron chi connectivity index (χ0n) is 11.3. The van der Waals surface area contributed by atoms with Crippen molar-refractivity contribution in [1.82, 2.24) is 15.2 Å². The fraction of sp³-hybridized carbons (Fsp3) is 0.538. The number of likely N-dealkylation sites (N-methyl/N-ethyl adjacent to an activating group) is 1. The Morgan fingerprint density at radius 3 is 3.21 bits per heavy atom. The van der Waals surface area contributed by atoms with E-state index in [4.69, 9.17) is 4.74 Å². The normalized spacial score (nSPS) is 20.0. The van der Waals surface area contributed by atoms with Gasteiger partial charge in [0, 0.05) is 38.6 Å². The Balaban J connectivity index is 1.90. The fourth-order valence-electron chi connectivity index (χ4n) is 2.01. The van der Waals surface area contributed by atoms with Gasteiger partial charge in [0.2, 0.25) is 0 Å². The maximum atomic E-state index is 11.5. The number of morpholine rings is 1. The average molecular weight is 264 g/mol. The molecule has 1 aromatic rings. The van der Waals surface area contributed by atoms with E-state index < -0.39 is 0 Å². The minimum Gasteiger partial charge on any atom is -0.382 e. The van der Waals surface area contributed by atoms with Crippen molar-refractivity contribution >= 4 is 11.6 Å². The summed E-state index contributed by atoms with van der Waals surface area (Å²) in [4.78, 5) is 17.8. The van der Waals surface area contributed by atoms with E-state index in [1.165, 1.54) is 0 Å². The molecule has 1 aliphatic heterocycles. The summed E-state index contributed by atoms with van der Waals surface area (Å²) >= 11 is 0. The topological polar surface area (TPSA) is 66.5 Å². The van der Waals surface area contributed by atoms with Crippen LogP contribution in [0.4, 0.5) is 5.69 Å². The number of pyridine rings is 1. The number of carbonyl (C=O) groups excluding carboxylic acids is 1. The van der Waals surface area contributed by atoms with Crippen molar-refractivity contribution in [3.8, 4) is 0 Å². The predicted molar refractivity (Wildman–Crippen MR) is 73.4 cm³/mol. The van der Waals surface area contributed by atoms with Crippen molar-refractivity contribution in [2.75, 3.05) is 45.7 Å². The summed E-state index contributed by atoms with van der Waals surface area (Å²) in [6, 6.07) is 3.59. The molecule has 1 aromatic heterocycles. The molecular formula is C13H20N4O2. The molecule has 0 aliphatic carbocycles. The summed E-state index contributed by atoms with van der Waals surface area (Å²) in [5, 5.41) is 5.84. The molecule has 1 amide bonds. The van der Waals surface area contributed by atoms with Crippen LogP contribution in [0.5, 0.6) is 0 Å². The highest BCUT2D eigenvalue weighted by Gasteiger charge is 2.17. The van der Waals surface area contributed by atoms with Crippen LogP contribution < -0.4 is 10.6 Å². The van der Waals surface area contributed by atoms with Gasteiger partial charge in [-0.3, -0.25) is 9.78 Å². The number of anilines is 1. The van der Waals surface area contributed by atoms with Crippen LogP contribution in [-0.4, -0.2) is 62.2 Å². The molecule has 0 radical (unpaired) electrons. The van der Waals surface area contributed by atoms with E-state index in [-0.39, 0.29) is 12.0 Å². The molecule has 2 N–H and O–H groups in total. The minimum absolute atomic E-state index is 0.176. The summed E-state index contributed by atoms with van der Waals surface area (Å²) < 4.78 is 5.67. The standard InChI is InChI=1S/C13H20N4O2/c1-14-13(18)12-7-10(3-4-15-12)16-8-11-9-17(2)5-6-19-11/h3-4,7,11H,5-6,8-9H2,1-2H3,(H,14,18)(H,15,16). The maximum absolute atomic E-state index is 11.5. The second-order valence-electron chi connectivity index (χ2n) is 4.64. The van der Waals surface area contributed by atoms with Crippen LogP contribution in [0.2, 0.25) is 0 Å². The van der Waals surface area contributed by atoms with Crippen molar-refractivity contribution in [1.29, 1.82) is 0 Å². The monoisotopic (exact) mass is 264 g/mol. The number of hydrogen-bond acceptors (Lipinski definition) is 5. The van der Waals surface area contributed by atoms with Crippen LogP contribution in [0.15, 0.2) is 18.3 Å². The van der Waals surface area contributed by atoms with Gasteiger partial charge >= 0.3 is 0 Å². The third-order valence-corrected chi connectivity index (χ3v) is 3.10. The van der Waals surface area contributed by atoms with Crippen molar-refractivity contribution in [3.05, 3.63) is 24.0 Å². The summed E-state index contributed by atoms with van der Waals surface area (Å²) in [6.45, 7) is 3.39. The van der Waals surface area contributed by atoms with Gasteiger partial charge in [-0.25, -0.2) is 0 Å². The van der Waals surface area contributed by atoms with Crippen molar-refractivity contribution in [2.24, 2.45) is 0 Å². The van der Waals surface area contributed by atoms with Gasteiger partial charge in [-0.05, 0) is 19.2 Å². The zero-order chi connectivity index (χ0) is 13.7. The lowest BCUT2D eigenvalue weighted by molar-refractivity contribution is -0.0117. The molecule has 6 nitrogen and oxygen atoms in total. The molecule has 0 spiro atoms. The lowest BCUT2D eigenvalue weighted by atomic mass is 10.2. The number of hydrogen-bond donors (Lipinski definition) is 2. The van der Waals surface area contributed by atoms with Gasteiger partial charge in [0.15, 0.2) is 0 Å². The van der Waals surface area contributed by atoms with Gasteiger partial charge in [-0.2, -0.15) is 0 Å². The van der Waals surface area contributed by atoms with Crippen LogP contribution in [0.25, 0.3) is 0 Å². The van der Waals surface area contributed by atoms with Crippen LogP contribution in [-0.2, 0) is 4.74 Å². The first-order valence-corrected chi connectivity index (χ1v) is 6.41. The van der Waals surface area contributed by atoms with Crippen LogP contribution in [0, 0.1) is 0 Å². The van der Waals surface area contributed by atoms with Crippen LogP contribution >= 0.6 is 0 Å². The van der Waals surface area contributed by atoms with Gasteiger partial charge in [-0.1, -0.05) is 0 Å². The molecule has 1 saturated heterocycles. The zero-order valence-corrected chi connectivity index (χ0v) is 11.3. The Kier molecular flexibility index (Phi) is 4.70. The summed E-state index contributed by atoms with van der Waals surface area (Å²) in [6.07, 6.45) is 1.80. The third-order valence-electron chi connectivity index (χ3n) is 3.10. The van der Waals surface area contributed by atoms with E-state index in [1.54, 1.807) is 19.3 Å². The predicted octanol–water partition coefficient (Wildman–Crippen LogP) is 0.184. The molecule has 0 bridgehead atoms. The maximum Gasteiger partial charge on any atom is 0.269 e. The molecule has 104 valence electrons. The van der Waals surface area contributed by atoms with Gasteiger partial charge in [-0.15, -0.1) is 0 Å². The lowest BCUT2D eigenvalue weighted by Crippen LogP contribution is -2.43. The molecule has 19 heavy (non-hydrogen) atoms. The highest BCUT2D eigenvalue weighted by atomic mass is 16.5. The van der Waals surface area contributed by atoms with E-state index in [2.05, 4.69) is 27.6 Å². The Bertz CT molecular complexity index is 438.